The quantitative estimate of drug-likeness (QED) is 0.484. The van der Waals surface area contributed by atoms with Crippen LogP contribution in [0.15, 0.2) is 0 Å². The first-order valence-corrected chi connectivity index (χ1v) is 2.54. The average molecular weight is 125 g/mol. The predicted octanol–water partition coefficient (Wildman–Crippen LogP) is -0.594. The average Bonchev–Trinajstić information content (AvgIpc) is 1.64. The normalized spacial score (nSPS) is 12.4. The molecule has 0 aromatic rings. The van der Waals surface area contributed by atoms with E-state index >= 15 is 0 Å². The second-order valence-electron chi connectivity index (χ2n) is 2.11. The van der Waals surface area contributed by atoms with Gasteiger partial charge in [0.2, 0.25) is 0 Å². The van der Waals surface area contributed by atoms with E-state index in [-0.39, 0.29) is 24.8 Å². The molecular formula is C5H12LiNO2. The van der Waals surface area contributed by atoms with Crippen molar-refractivity contribution in [3.63, 3.8) is 0 Å². The molecular weight excluding hydrogens is 113 g/mol. The van der Waals surface area contributed by atoms with E-state index in [1.54, 1.807) is 13.8 Å². The predicted molar refractivity (Wildman–Crippen MR) is 37.6 cm³/mol. The van der Waals surface area contributed by atoms with Gasteiger partial charge in [0, 0.05) is 0 Å². The fourth-order valence-corrected chi connectivity index (χ4v) is 0.285. The third kappa shape index (κ3) is 4.53. The Bertz CT molecular complexity index is 95.0. The van der Waals surface area contributed by atoms with Crippen LogP contribution in [0.4, 0.5) is 0 Å². The van der Waals surface area contributed by atoms with E-state index in [2.05, 4.69) is 0 Å². The van der Waals surface area contributed by atoms with Gasteiger partial charge in [-0.1, -0.05) is 13.8 Å². The van der Waals surface area contributed by atoms with Crippen molar-refractivity contribution < 1.29 is 9.90 Å². The zero-order valence-corrected chi connectivity index (χ0v) is 5.09. The van der Waals surface area contributed by atoms with Crippen LogP contribution in [0.2, 0.25) is 0 Å². The Morgan fingerprint density at radius 1 is 1.56 bits per heavy atom. The SMILES string of the molecule is CC(C)C(N)C(=O)O.[LiH]. The molecule has 3 nitrogen and oxygen atoms in total. The molecule has 0 aliphatic carbocycles. The van der Waals surface area contributed by atoms with Crippen molar-refractivity contribution in [1.82, 2.24) is 0 Å². The summed E-state index contributed by atoms with van der Waals surface area (Å²) in [6.45, 7) is 3.55. The summed E-state index contributed by atoms with van der Waals surface area (Å²) in [7, 11) is 0. The molecule has 0 aromatic carbocycles. The van der Waals surface area contributed by atoms with Gasteiger partial charge in [0.05, 0.1) is 0 Å². The summed E-state index contributed by atoms with van der Waals surface area (Å²) >= 11 is 0. The maximum absolute atomic E-state index is 10.0. The van der Waals surface area contributed by atoms with E-state index in [1.165, 1.54) is 0 Å². The molecule has 0 spiro atoms. The van der Waals surface area contributed by atoms with Crippen molar-refractivity contribution in [2.24, 2.45) is 11.7 Å². The van der Waals surface area contributed by atoms with Crippen molar-refractivity contribution in [2.75, 3.05) is 0 Å². The molecule has 1 atom stereocenters. The molecule has 0 radical (unpaired) electrons. The van der Waals surface area contributed by atoms with Crippen LogP contribution in [-0.2, 0) is 4.79 Å². The Morgan fingerprint density at radius 2 is 1.89 bits per heavy atom. The van der Waals surface area contributed by atoms with Gasteiger partial charge in [-0.2, -0.15) is 0 Å². The summed E-state index contributed by atoms with van der Waals surface area (Å²) in [5, 5.41) is 8.23. The topological polar surface area (TPSA) is 63.3 Å². The van der Waals surface area contributed by atoms with E-state index in [0.29, 0.717) is 0 Å². The van der Waals surface area contributed by atoms with Gasteiger partial charge >= 0.3 is 24.8 Å². The Labute approximate surface area is 66.8 Å². The van der Waals surface area contributed by atoms with Crippen LogP contribution in [0.1, 0.15) is 13.8 Å². The third-order valence-corrected chi connectivity index (χ3v) is 1.00. The molecule has 50 valence electrons. The standard InChI is InChI=1S/C5H11NO2.Li.H/c1-3(2)4(6)5(7)8;;/h3-4H,6H2,1-2H3,(H,7,8);;. The van der Waals surface area contributed by atoms with Crippen molar-refractivity contribution in [3.8, 4) is 0 Å². The Kier molecular flexibility index (Phi) is 6.37. The molecule has 0 fully saturated rings. The molecule has 4 heteroatoms. The van der Waals surface area contributed by atoms with Crippen LogP contribution >= 0.6 is 0 Å². The maximum atomic E-state index is 10.0. The van der Waals surface area contributed by atoms with Crippen LogP contribution < -0.4 is 5.73 Å². The van der Waals surface area contributed by atoms with Gasteiger partial charge in [0.25, 0.3) is 0 Å². The van der Waals surface area contributed by atoms with Gasteiger partial charge in [-0.05, 0) is 5.92 Å². The summed E-state index contributed by atoms with van der Waals surface area (Å²) in [5.74, 6) is -0.910. The molecule has 0 amide bonds. The fraction of sp³-hybridized carbons (Fsp3) is 0.800. The van der Waals surface area contributed by atoms with E-state index in [0.717, 1.165) is 0 Å². The molecule has 1 unspecified atom stereocenters. The monoisotopic (exact) mass is 125 g/mol. The number of carbonyl (C=O) groups is 1. The number of carboxylic acid groups (broad SMARTS) is 1. The minimum atomic E-state index is -0.931. The Morgan fingerprint density at radius 3 is 1.89 bits per heavy atom. The van der Waals surface area contributed by atoms with Crippen molar-refractivity contribution in [3.05, 3.63) is 0 Å². The summed E-state index contributed by atoms with van der Waals surface area (Å²) < 4.78 is 0. The van der Waals surface area contributed by atoms with Crippen molar-refractivity contribution in [1.29, 1.82) is 0 Å². The van der Waals surface area contributed by atoms with Gasteiger partial charge in [-0.25, -0.2) is 0 Å². The number of hydrogen-bond acceptors (Lipinski definition) is 2. The Balaban J connectivity index is 0. The summed E-state index contributed by atoms with van der Waals surface area (Å²) in [6, 6.07) is -0.713. The first-order chi connectivity index (χ1) is 3.55. The molecule has 9 heavy (non-hydrogen) atoms. The van der Waals surface area contributed by atoms with Crippen LogP contribution in [0.3, 0.4) is 0 Å². The molecule has 3 N–H and O–H groups in total. The molecule has 0 aliphatic heterocycles. The van der Waals surface area contributed by atoms with Crippen LogP contribution in [0.5, 0.6) is 0 Å². The molecule has 0 saturated carbocycles. The summed E-state index contributed by atoms with van der Waals surface area (Å²) in [4.78, 5) is 10.0. The molecule has 0 heterocycles. The van der Waals surface area contributed by atoms with Gasteiger partial charge in [-0.3, -0.25) is 4.79 Å². The molecule has 0 aromatic heterocycles. The van der Waals surface area contributed by atoms with Crippen LogP contribution in [0, 0.1) is 5.92 Å². The first-order valence-electron chi connectivity index (χ1n) is 2.54. The zero-order chi connectivity index (χ0) is 6.73. The van der Waals surface area contributed by atoms with Gasteiger partial charge in [0.1, 0.15) is 6.04 Å². The summed E-state index contributed by atoms with van der Waals surface area (Å²) in [6.07, 6.45) is 0. The second-order valence-corrected chi connectivity index (χ2v) is 2.11. The number of carboxylic acids is 1. The fourth-order valence-electron chi connectivity index (χ4n) is 0.285. The van der Waals surface area contributed by atoms with Crippen LogP contribution in [0.25, 0.3) is 0 Å². The Hall–Kier alpha value is 0.0274. The zero-order valence-electron chi connectivity index (χ0n) is 5.09. The van der Waals surface area contributed by atoms with Gasteiger partial charge < -0.3 is 10.8 Å². The molecule has 0 saturated heterocycles. The van der Waals surface area contributed by atoms with E-state index in [4.69, 9.17) is 10.8 Å². The number of nitrogens with two attached hydrogens (primary N) is 1. The third-order valence-electron chi connectivity index (χ3n) is 1.00. The first kappa shape index (κ1) is 11.8. The van der Waals surface area contributed by atoms with Crippen molar-refractivity contribution in [2.45, 2.75) is 19.9 Å². The molecule has 0 aliphatic rings. The molecule has 0 bridgehead atoms. The van der Waals surface area contributed by atoms with E-state index in [9.17, 15) is 4.79 Å². The van der Waals surface area contributed by atoms with E-state index < -0.39 is 12.0 Å². The van der Waals surface area contributed by atoms with Crippen LogP contribution in [-0.4, -0.2) is 36.0 Å². The number of rotatable bonds is 2. The van der Waals surface area contributed by atoms with E-state index in [1.807, 2.05) is 0 Å². The second kappa shape index (κ2) is 4.86. The minimum absolute atomic E-state index is 0. The summed E-state index contributed by atoms with van der Waals surface area (Å²) in [5.41, 5.74) is 5.16. The van der Waals surface area contributed by atoms with Crippen molar-refractivity contribution >= 4 is 24.8 Å². The van der Waals surface area contributed by atoms with Gasteiger partial charge in [0.15, 0.2) is 0 Å². The molecule has 0 rings (SSSR count). The van der Waals surface area contributed by atoms with Gasteiger partial charge in [-0.15, -0.1) is 0 Å². The number of aliphatic carboxylic acids is 1. The number of hydrogen-bond donors (Lipinski definition) is 2.